The Morgan fingerprint density at radius 3 is 2.90 bits per heavy atom. The molecule has 1 atom stereocenters. The minimum absolute atomic E-state index is 0.228. The first kappa shape index (κ1) is 16.7. The van der Waals surface area contributed by atoms with Crippen LogP contribution in [0.3, 0.4) is 0 Å². The second-order valence-electron chi connectivity index (χ2n) is 4.79. The molecule has 0 aliphatic rings. The molecule has 112 valence electrons. The number of nitrogens with one attached hydrogen (secondary N) is 1. The maximum atomic E-state index is 11.5. The van der Waals surface area contributed by atoms with Gasteiger partial charge in [0.2, 0.25) is 5.91 Å². The first-order chi connectivity index (χ1) is 9.45. The summed E-state index contributed by atoms with van der Waals surface area (Å²) in [7, 11) is 0. The summed E-state index contributed by atoms with van der Waals surface area (Å²) in [4.78, 5) is 11.5. The number of unbranched alkanes of at least 4 members (excludes halogenated alkanes) is 1. The quantitative estimate of drug-likeness (QED) is 0.758. The third-order valence-corrected chi connectivity index (χ3v) is 3.20. The van der Waals surface area contributed by atoms with E-state index in [0.717, 1.165) is 30.6 Å². The summed E-state index contributed by atoms with van der Waals surface area (Å²) in [5.74, 6) is -0.261. The minimum Gasteiger partial charge on any atom is -0.392 e. The second kappa shape index (κ2) is 8.07. The molecule has 5 nitrogen and oxygen atoms in total. The summed E-state index contributed by atoms with van der Waals surface area (Å²) >= 11 is 6.25. The van der Waals surface area contributed by atoms with E-state index in [-0.39, 0.29) is 12.5 Å². The van der Waals surface area contributed by atoms with Gasteiger partial charge in [-0.05, 0) is 26.3 Å². The minimum atomic E-state index is -0.561. The highest BCUT2D eigenvalue weighted by molar-refractivity contribution is 6.31. The van der Waals surface area contributed by atoms with E-state index in [4.69, 9.17) is 16.7 Å². The van der Waals surface area contributed by atoms with Gasteiger partial charge in [-0.25, -0.2) is 0 Å². The Morgan fingerprint density at radius 1 is 1.60 bits per heavy atom. The van der Waals surface area contributed by atoms with Crippen molar-refractivity contribution in [3.05, 3.63) is 22.5 Å². The van der Waals surface area contributed by atoms with E-state index in [2.05, 4.69) is 17.3 Å². The van der Waals surface area contributed by atoms with Gasteiger partial charge in [0, 0.05) is 24.7 Å². The van der Waals surface area contributed by atoms with Crippen LogP contribution < -0.4 is 5.32 Å². The first-order valence-electron chi connectivity index (χ1n) is 6.82. The molecule has 1 unspecified atom stereocenters. The van der Waals surface area contributed by atoms with E-state index in [1.165, 1.54) is 6.08 Å². The molecule has 0 radical (unpaired) electrons. The fourth-order valence-electron chi connectivity index (χ4n) is 1.68. The Kier molecular flexibility index (Phi) is 6.75. The van der Waals surface area contributed by atoms with Crippen molar-refractivity contribution in [1.82, 2.24) is 15.1 Å². The second-order valence-corrected chi connectivity index (χ2v) is 5.15. The Labute approximate surface area is 124 Å². The van der Waals surface area contributed by atoms with Gasteiger partial charge in [-0.2, -0.15) is 5.10 Å². The van der Waals surface area contributed by atoms with E-state index in [0.29, 0.717) is 5.15 Å². The molecule has 0 saturated heterocycles. The number of hydrogen-bond donors (Lipinski definition) is 2. The summed E-state index contributed by atoms with van der Waals surface area (Å²) in [5, 5.41) is 16.6. The molecule has 1 heterocycles. The number of halogens is 1. The van der Waals surface area contributed by atoms with Crippen molar-refractivity contribution in [2.45, 2.75) is 46.3 Å². The van der Waals surface area contributed by atoms with Crippen LogP contribution >= 0.6 is 11.6 Å². The molecule has 0 aliphatic heterocycles. The van der Waals surface area contributed by atoms with Gasteiger partial charge in [0.25, 0.3) is 0 Å². The van der Waals surface area contributed by atoms with Crippen LogP contribution in [0.15, 0.2) is 6.08 Å². The monoisotopic (exact) mass is 299 g/mol. The average Bonchev–Trinajstić information content (AvgIpc) is 2.66. The van der Waals surface area contributed by atoms with E-state index in [1.807, 2.05) is 6.92 Å². The molecule has 0 saturated carbocycles. The van der Waals surface area contributed by atoms with Crippen molar-refractivity contribution >= 4 is 23.6 Å². The number of nitrogens with zero attached hydrogens (tertiary/aromatic N) is 2. The number of hydrogen-bond acceptors (Lipinski definition) is 3. The highest BCUT2D eigenvalue weighted by Gasteiger charge is 2.10. The maximum absolute atomic E-state index is 11.5. The van der Waals surface area contributed by atoms with Gasteiger partial charge >= 0.3 is 0 Å². The first-order valence-corrected chi connectivity index (χ1v) is 7.20. The molecule has 20 heavy (non-hydrogen) atoms. The van der Waals surface area contributed by atoms with Gasteiger partial charge in [0.15, 0.2) is 0 Å². The lowest BCUT2D eigenvalue weighted by Crippen LogP contribution is -2.28. The van der Waals surface area contributed by atoms with Gasteiger partial charge in [-0.15, -0.1) is 0 Å². The standard InChI is InChI=1S/C14H22ClN3O2/c1-4-5-8-18-14(15)12(11(3)17-18)6-7-13(20)16-9-10(2)19/h6-7,10,19H,4-5,8-9H2,1-3H3,(H,16,20)/b7-6+. The topological polar surface area (TPSA) is 67.2 Å². The Bertz CT molecular complexity index is 481. The van der Waals surface area contributed by atoms with Crippen LogP contribution in [0.5, 0.6) is 0 Å². The van der Waals surface area contributed by atoms with Crippen molar-refractivity contribution < 1.29 is 9.90 Å². The van der Waals surface area contributed by atoms with Gasteiger partial charge in [0.1, 0.15) is 5.15 Å². The number of amides is 1. The summed E-state index contributed by atoms with van der Waals surface area (Å²) in [6.07, 6.45) is 4.59. The van der Waals surface area contributed by atoms with Crippen LogP contribution in [-0.2, 0) is 11.3 Å². The smallest absolute Gasteiger partial charge is 0.244 e. The molecule has 1 rings (SSSR count). The van der Waals surface area contributed by atoms with E-state index < -0.39 is 6.10 Å². The normalized spacial score (nSPS) is 12.8. The van der Waals surface area contributed by atoms with Crippen molar-refractivity contribution in [2.24, 2.45) is 0 Å². The van der Waals surface area contributed by atoms with Crippen LogP contribution in [-0.4, -0.2) is 33.4 Å². The van der Waals surface area contributed by atoms with Crippen molar-refractivity contribution in [2.75, 3.05) is 6.54 Å². The third kappa shape index (κ3) is 4.98. The highest BCUT2D eigenvalue weighted by atomic mass is 35.5. The Hall–Kier alpha value is -1.33. The van der Waals surface area contributed by atoms with Gasteiger partial charge in [-0.1, -0.05) is 24.9 Å². The Morgan fingerprint density at radius 2 is 2.30 bits per heavy atom. The summed E-state index contributed by atoms with van der Waals surface area (Å²) in [5.41, 5.74) is 1.56. The zero-order valence-electron chi connectivity index (χ0n) is 12.2. The predicted molar refractivity (Wildman–Crippen MR) is 80.6 cm³/mol. The van der Waals surface area contributed by atoms with Gasteiger partial charge < -0.3 is 10.4 Å². The average molecular weight is 300 g/mol. The SMILES string of the molecule is CCCCn1nc(C)c(/C=C/C(=O)NCC(C)O)c1Cl. The predicted octanol–water partition coefficient (Wildman–Crippen LogP) is 2.16. The number of aromatic nitrogens is 2. The zero-order chi connectivity index (χ0) is 15.1. The van der Waals surface area contributed by atoms with E-state index >= 15 is 0 Å². The lowest BCUT2D eigenvalue weighted by atomic mass is 10.2. The van der Waals surface area contributed by atoms with Crippen LogP contribution in [0.2, 0.25) is 5.15 Å². The number of aliphatic hydroxyl groups is 1. The molecule has 0 fully saturated rings. The number of carbonyl (C=O) groups excluding carboxylic acids is 1. The lowest BCUT2D eigenvalue weighted by molar-refractivity contribution is -0.116. The van der Waals surface area contributed by atoms with Crippen molar-refractivity contribution in [3.8, 4) is 0 Å². The third-order valence-electron chi connectivity index (χ3n) is 2.81. The summed E-state index contributed by atoms with van der Waals surface area (Å²) in [6, 6.07) is 0. The number of aryl methyl sites for hydroxylation is 2. The molecular weight excluding hydrogens is 278 g/mol. The van der Waals surface area contributed by atoms with Crippen LogP contribution in [0.4, 0.5) is 0 Å². The van der Waals surface area contributed by atoms with Crippen molar-refractivity contribution in [3.63, 3.8) is 0 Å². The van der Waals surface area contributed by atoms with E-state index in [9.17, 15) is 4.79 Å². The van der Waals surface area contributed by atoms with E-state index in [1.54, 1.807) is 17.7 Å². The molecule has 6 heteroatoms. The van der Waals surface area contributed by atoms with Gasteiger partial charge in [0.05, 0.1) is 11.8 Å². The number of rotatable bonds is 7. The number of carbonyl (C=O) groups is 1. The maximum Gasteiger partial charge on any atom is 0.244 e. The molecule has 0 aliphatic carbocycles. The summed E-state index contributed by atoms with van der Waals surface area (Å²) < 4.78 is 1.76. The summed E-state index contributed by atoms with van der Waals surface area (Å²) in [6.45, 7) is 6.59. The van der Waals surface area contributed by atoms with Crippen molar-refractivity contribution in [1.29, 1.82) is 0 Å². The molecule has 1 amide bonds. The van der Waals surface area contributed by atoms with Crippen LogP contribution in [0.1, 0.15) is 37.9 Å². The number of aliphatic hydroxyl groups excluding tert-OH is 1. The molecule has 0 bridgehead atoms. The van der Waals surface area contributed by atoms with Crippen LogP contribution in [0, 0.1) is 6.92 Å². The van der Waals surface area contributed by atoms with Crippen LogP contribution in [0.25, 0.3) is 6.08 Å². The molecule has 1 aromatic heterocycles. The largest absolute Gasteiger partial charge is 0.392 e. The molecule has 1 aromatic rings. The fourth-order valence-corrected chi connectivity index (χ4v) is 2.00. The molecule has 0 spiro atoms. The molecule has 2 N–H and O–H groups in total. The molecule has 0 aromatic carbocycles. The van der Waals surface area contributed by atoms with Gasteiger partial charge in [-0.3, -0.25) is 9.48 Å². The Balaban J connectivity index is 2.71. The highest BCUT2D eigenvalue weighted by Crippen LogP contribution is 2.21. The molecular formula is C14H22ClN3O2. The lowest BCUT2D eigenvalue weighted by Gasteiger charge is -2.03. The fraction of sp³-hybridized carbons (Fsp3) is 0.571. The zero-order valence-corrected chi connectivity index (χ0v) is 12.9.